The normalized spacial score (nSPS) is 12.4. The third kappa shape index (κ3) is 5.89. The molecule has 0 aliphatic carbocycles. The summed E-state index contributed by atoms with van der Waals surface area (Å²) >= 11 is 11.9. The van der Waals surface area contributed by atoms with E-state index in [1.165, 1.54) is 18.2 Å². The van der Waals surface area contributed by atoms with E-state index in [1.54, 1.807) is 26.0 Å². The first-order valence-corrected chi connectivity index (χ1v) is 12.4. The van der Waals surface area contributed by atoms with Gasteiger partial charge in [0.2, 0.25) is 15.9 Å². The highest BCUT2D eigenvalue weighted by Gasteiger charge is 2.25. The summed E-state index contributed by atoms with van der Waals surface area (Å²) in [6.07, 6.45) is 0.422. The van der Waals surface area contributed by atoms with E-state index >= 15 is 0 Å². The first-order valence-electron chi connectivity index (χ1n) is 10.2. The lowest BCUT2D eigenvalue weighted by Gasteiger charge is -2.19. The van der Waals surface area contributed by atoms with Gasteiger partial charge in [-0.05, 0) is 57.5 Å². The lowest BCUT2D eigenvalue weighted by atomic mass is 10.1. The molecule has 0 aliphatic rings. The Hall–Kier alpha value is -2.52. The van der Waals surface area contributed by atoms with Crippen LogP contribution in [0.5, 0.6) is 5.88 Å². The van der Waals surface area contributed by atoms with Gasteiger partial charge in [-0.15, -0.1) is 0 Å². The van der Waals surface area contributed by atoms with Crippen LogP contribution < -0.4 is 9.46 Å². The summed E-state index contributed by atoms with van der Waals surface area (Å²) in [5.41, 5.74) is 2.35. The van der Waals surface area contributed by atoms with Crippen molar-refractivity contribution in [1.29, 1.82) is 0 Å². The van der Waals surface area contributed by atoms with E-state index in [0.717, 1.165) is 5.56 Å². The highest BCUT2D eigenvalue weighted by atomic mass is 35.5. The van der Waals surface area contributed by atoms with E-state index in [-0.39, 0.29) is 20.8 Å². The van der Waals surface area contributed by atoms with Crippen molar-refractivity contribution in [2.24, 2.45) is 0 Å². The van der Waals surface area contributed by atoms with Gasteiger partial charge in [0.1, 0.15) is 5.82 Å². The Morgan fingerprint density at radius 1 is 1.06 bits per heavy atom. The fraction of sp³-hybridized carbons (Fsp3) is 0.261. The summed E-state index contributed by atoms with van der Waals surface area (Å²) in [5, 5.41) is 0.382. The van der Waals surface area contributed by atoms with Crippen molar-refractivity contribution in [3.63, 3.8) is 0 Å². The van der Waals surface area contributed by atoms with E-state index in [1.807, 2.05) is 26.0 Å². The maximum Gasteiger partial charge on any atom is 0.344 e. The zero-order chi connectivity index (χ0) is 24.3. The molecule has 0 saturated heterocycles. The minimum Gasteiger partial charge on any atom is -0.403 e. The van der Waals surface area contributed by atoms with Crippen molar-refractivity contribution in [2.45, 2.75) is 45.1 Å². The Morgan fingerprint density at radius 2 is 1.73 bits per heavy atom. The Labute approximate surface area is 203 Å². The molecule has 0 saturated carbocycles. The molecule has 7 nitrogen and oxygen atoms in total. The monoisotopic (exact) mass is 507 g/mol. The van der Waals surface area contributed by atoms with Gasteiger partial charge in [-0.2, -0.15) is 4.98 Å². The average molecular weight is 508 g/mol. The Balaban J connectivity index is 1.92. The number of hydrogen-bond acceptors (Lipinski definition) is 6. The molecule has 0 amide bonds. The zero-order valence-corrected chi connectivity index (χ0v) is 20.8. The number of halogens is 2. The van der Waals surface area contributed by atoms with Crippen LogP contribution in [0.25, 0.3) is 0 Å². The highest BCUT2D eigenvalue weighted by Crippen LogP contribution is 2.28. The topological polar surface area (TPSA) is 98.2 Å². The number of aryl methyl sites for hydroxylation is 2. The molecule has 0 radical (unpaired) electrons. The van der Waals surface area contributed by atoms with Gasteiger partial charge in [-0.1, -0.05) is 47.8 Å². The number of rotatable bonds is 7. The van der Waals surface area contributed by atoms with Gasteiger partial charge in [0, 0.05) is 5.56 Å². The van der Waals surface area contributed by atoms with Gasteiger partial charge in [0.05, 0.1) is 32.2 Å². The molecule has 0 aliphatic heterocycles. The first kappa shape index (κ1) is 25.1. The Morgan fingerprint density at radius 3 is 2.33 bits per heavy atom. The molecule has 0 fully saturated rings. The second kappa shape index (κ2) is 10.2. The van der Waals surface area contributed by atoms with Gasteiger partial charge in [0.15, 0.2) is 0 Å². The van der Waals surface area contributed by atoms with Crippen molar-refractivity contribution in [3.05, 3.63) is 80.7 Å². The maximum atomic E-state index is 12.9. The molecule has 33 heavy (non-hydrogen) atoms. The minimum absolute atomic E-state index is 0.0291. The summed E-state index contributed by atoms with van der Waals surface area (Å²) in [7, 11) is -3.93. The van der Waals surface area contributed by atoms with Crippen molar-refractivity contribution in [2.75, 3.05) is 0 Å². The predicted molar refractivity (Wildman–Crippen MR) is 127 cm³/mol. The van der Waals surface area contributed by atoms with Gasteiger partial charge in [-0.3, -0.25) is 0 Å². The second-order valence-corrected chi connectivity index (χ2v) is 10.00. The summed E-state index contributed by atoms with van der Waals surface area (Å²) < 4.78 is 34.0. The Kier molecular flexibility index (Phi) is 7.74. The third-order valence-corrected chi connectivity index (χ3v) is 7.16. The smallest absolute Gasteiger partial charge is 0.344 e. The number of benzene rings is 2. The fourth-order valence-electron chi connectivity index (χ4n) is 3.20. The van der Waals surface area contributed by atoms with Crippen molar-refractivity contribution >= 4 is 39.2 Å². The fourth-order valence-corrected chi connectivity index (χ4v) is 4.80. The predicted octanol–water partition coefficient (Wildman–Crippen LogP) is 5.22. The number of sulfonamides is 1. The highest BCUT2D eigenvalue weighted by molar-refractivity contribution is 7.89. The molecule has 1 unspecified atom stereocenters. The number of hydrogen-bond donors (Lipinski definition) is 1. The average Bonchev–Trinajstić information content (AvgIpc) is 2.75. The van der Waals surface area contributed by atoms with Crippen molar-refractivity contribution < 1.29 is 17.9 Å². The number of esters is 1. The molecule has 0 spiro atoms. The number of carbonyl (C=O) groups is 1. The van der Waals surface area contributed by atoms with Crippen LogP contribution >= 0.6 is 23.2 Å². The van der Waals surface area contributed by atoms with Crippen LogP contribution in [0.15, 0.2) is 47.4 Å². The third-order valence-electron chi connectivity index (χ3n) is 4.89. The molecule has 2 aromatic carbocycles. The van der Waals surface area contributed by atoms with E-state index < -0.39 is 22.0 Å². The number of ether oxygens (including phenoxy) is 1. The molecule has 3 rings (SSSR count). The minimum atomic E-state index is -3.93. The molecule has 1 heterocycles. The summed E-state index contributed by atoms with van der Waals surface area (Å²) in [6.45, 7) is 7.07. The first-order chi connectivity index (χ1) is 15.5. The van der Waals surface area contributed by atoms with Gasteiger partial charge >= 0.3 is 5.97 Å². The van der Waals surface area contributed by atoms with Gasteiger partial charge in [-0.25, -0.2) is 22.9 Å². The SMILES string of the molecule is CCc1c(OC(=O)c2ccc(C)cc2)nc(C)nc1C(C)NS(=O)(=O)c1ccc(Cl)c(Cl)c1. The maximum absolute atomic E-state index is 12.9. The van der Waals surface area contributed by atoms with Crippen LogP contribution in [0.2, 0.25) is 10.0 Å². The number of nitrogens with zero attached hydrogens (tertiary/aromatic N) is 2. The van der Waals surface area contributed by atoms with Gasteiger partial charge < -0.3 is 4.74 Å². The van der Waals surface area contributed by atoms with Crippen LogP contribution in [0.3, 0.4) is 0 Å². The van der Waals surface area contributed by atoms with Gasteiger partial charge in [0.25, 0.3) is 0 Å². The van der Waals surface area contributed by atoms with Crippen molar-refractivity contribution in [1.82, 2.24) is 14.7 Å². The molecule has 1 N–H and O–H groups in total. The molecular formula is C23H23Cl2N3O4S. The standard InChI is InChI=1S/C23H23Cl2N3O4S/c1-5-18-21(14(3)28-33(30,31)17-10-11-19(24)20(25)12-17)26-15(4)27-22(18)32-23(29)16-8-6-13(2)7-9-16/h6-12,14,28H,5H2,1-4H3. The van der Waals surface area contributed by atoms with Crippen LogP contribution in [-0.4, -0.2) is 24.4 Å². The molecule has 3 aromatic rings. The van der Waals surface area contributed by atoms with Crippen LogP contribution in [0.1, 0.15) is 52.9 Å². The van der Waals surface area contributed by atoms with E-state index in [4.69, 9.17) is 27.9 Å². The number of nitrogens with one attached hydrogen (secondary N) is 1. The molecule has 10 heteroatoms. The van der Waals surface area contributed by atoms with Crippen LogP contribution in [-0.2, 0) is 16.4 Å². The zero-order valence-electron chi connectivity index (χ0n) is 18.5. The van der Waals surface area contributed by atoms with Crippen LogP contribution in [0, 0.1) is 13.8 Å². The second-order valence-electron chi connectivity index (χ2n) is 7.47. The molecular weight excluding hydrogens is 485 g/mol. The molecule has 1 aromatic heterocycles. The van der Waals surface area contributed by atoms with E-state index in [2.05, 4.69) is 14.7 Å². The molecule has 174 valence electrons. The summed E-state index contributed by atoms with van der Waals surface area (Å²) in [6, 6.07) is 10.3. The summed E-state index contributed by atoms with van der Waals surface area (Å²) in [5.74, 6) is -0.113. The molecule has 1 atom stereocenters. The lowest BCUT2D eigenvalue weighted by molar-refractivity contribution is 0.0725. The van der Waals surface area contributed by atoms with E-state index in [0.29, 0.717) is 29.1 Å². The Bertz CT molecular complexity index is 1300. The number of carbonyl (C=O) groups excluding carboxylic acids is 1. The number of aromatic nitrogens is 2. The largest absolute Gasteiger partial charge is 0.403 e. The summed E-state index contributed by atoms with van der Waals surface area (Å²) in [4.78, 5) is 21.3. The molecule has 0 bridgehead atoms. The van der Waals surface area contributed by atoms with Crippen molar-refractivity contribution in [3.8, 4) is 5.88 Å². The lowest BCUT2D eigenvalue weighted by Crippen LogP contribution is -2.29. The van der Waals surface area contributed by atoms with Crippen LogP contribution in [0.4, 0.5) is 0 Å². The van der Waals surface area contributed by atoms with E-state index in [9.17, 15) is 13.2 Å². The quantitative estimate of drug-likeness (QED) is 0.440.